The van der Waals surface area contributed by atoms with E-state index in [0.29, 0.717) is 0 Å². The molecule has 110 valence electrons. The highest BCUT2D eigenvalue weighted by molar-refractivity contribution is 6.40. The molecule has 1 aliphatic carbocycles. The minimum atomic E-state index is 1.16. The molecule has 0 radical (unpaired) electrons. The van der Waals surface area contributed by atoms with Crippen molar-refractivity contribution in [2.24, 2.45) is 0 Å². The molecule has 0 bridgehead atoms. The van der Waals surface area contributed by atoms with E-state index in [9.17, 15) is 0 Å². The lowest BCUT2D eigenvalue weighted by Gasteiger charge is -2.24. The van der Waals surface area contributed by atoms with Crippen molar-refractivity contribution in [3.05, 3.63) is 71.8 Å². The van der Waals surface area contributed by atoms with Crippen molar-refractivity contribution in [1.82, 2.24) is 0 Å². The van der Waals surface area contributed by atoms with Gasteiger partial charge in [-0.25, -0.2) is 0 Å². The molecule has 0 amide bonds. The molecule has 24 heavy (non-hydrogen) atoms. The lowest BCUT2D eigenvalue weighted by molar-refractivity contribution is 0.969. The zero-order chi connectivity index (χ0) is 15.4. The van der Waals surface area contributed by atoms with E-state index in [2.05, 4.69) is 60.7 Å². The maximum Gasteiger partial charge on any atom is -0.00140 e. The smallest absolute Gasteiger partial charge is 0.00140 e. The van der Waals surface area contributed by atoms with E-state index in [1.165, 1.54) is 65.0 Å². The summed E-state index contributed by atoms with van der Waals surface area (Å²) in [4.78, 5) is 0. The van der Waals surface area contributed by atoms with Gasteiger partial charge in [0, 0.05) is 0 Å². The van der Waals surface area contributed by atoms with Crippen LogP contribution in [0, 0.1) is 0 Å². The number of hydrogen-bond donors (Lipinski definition) is 0. The Bertz CT molecular complexity index is 1310. The van der Waals surface area contributed by atoms with Crippen LogP contribution in [0.15, 0.2) is 60.7 Å². The van der Waals surface area contributed by atoms with Crippen LogP contribution in [0.3, 0.4) is 0 Å². The molecule has 0 unspecified atom stereocenters. The van der Waals surface area contributed by atoms with Gasteiger partial charge in [-0.1, -0.05) is 60.7 Å². The Morgan fingerprint density at radius 2 is 0.625 bits per heavy atom. The topological polar surface area (TPSA) is 0 Å². The van der Waals surface area contributed by atoms with Crippen LogP contribution in [0.2, 0.25) is 0 Å². The first-order valence-corrected chi connectivity index (χ1v) is 8.76. The highest BCUT2D eigenvalue weighted by Gasteiger charge is 2.22. The largest absolute Gasteiger partial charge is 0.0578 e. The molecule has 0 aliphatic heterocycles. The fourth-order valence-electron chi connectivity index (χ4n) is 5.21. The summed E-state index contributed by atoms with van der Waals surface area (Å²) in [6, 6.07) is 23.1. The van der Waals surface area contributed by atoms with E-state index in [1.807, 2.05) is 0 Å². The molecular formula is C24H14. The van der Waals surface area contributed by atoms with Crippen LogP contribution >= 0.6 is 0 Å². The quantitative estimate of drug-likeness (QED) is 0.224. The van der Waals surface area contributed by atoms with Crippen LogP contribution in [0.4, 0.5) is 0 Å². The third-order valence-electron chi connectivity index (χ3n) is 6.22. The Labute approximate surface area is 139 Å². The van der Waals surface area contributed by atoms with Gasteiger partial charge in [0.15, 0.2) is 0 Å². The van der Waals surface area contributed by atoms with Crippen molar-refractivity contribution >= 4 is 53.9 Å². The van der Waals surface area contributed by atoms with Gasteiger partial charge in [-0.15, -0.1) is 0 Å². The van der Waals surface area contributed by atoms with Crippen molar-refractivity contribution in [2.45, 2.75) is 12.8 Å². The summed E-state index contributed by atoms with van der Waals surface area (Å²) in [7, 11) is 0. The molecule has 0 N–H and O–H groups in total. The zero-order valence-corrected chi connectivity index (χ0v) is 13.2. The van der Waals surface area contributed by atoms with Crippen molar-refractivity contribution in [3.63, 3.8) is 0 Å². The summed E-state index contributed by atoms with van der Waals surface area (Å²) in [6.45, 7) is 0. The predicted molar refractivity (Wildman–Crippen MR) is 104 cm³/mol. The number of benzene rings is 6. The normalized spacial score (nSPS) is 14.3. The van der Waals surface area contributed by atoms with Gasteiger partial charge in [0.2, 0.25) is 0 Å². The average Bonchev–Trinajstić information content (AvgIpc) is 2.65. The molecule has 0 heterocycles. The summed E-state index contributed by atoms with van der Waals surface area (Å²) >= 11 is 0. The molecule has 1 aliphatic rings. The Hall–Kier alpha value is -2.86. The van der Waals surface area contributed by atoms with Gasteiger partial charge in [0.05, 0.1) is 0 Å². The first-order valence-electron chi connectivity index (χ1n) is 8.76. The molecule has 6 aromatic rings. The summed E-state index contributed by atoms with van der Waals surface area (Å²) in [6.07, 6.45) is 2.33. The van der Waals surface area contributed by atoms with Gasteiger partial charge in [-0.05, 0) is 77.8 Å². The van der Waals surface area contributed by atoms with Crippen molar-refractivity contribution in [1.29, 1.82) is 0 Å². The van der Waals surface area contributed by atoms with Gasteiger partial charge in [-0.2, -0.15) is 0 Å². The van der Waals surface area contributed by atoms with Crippen LogP contribution in [0.5, 0.6) is 0 Å². The van der Waals surface area contributed by atoms with E-state index in [-0.39, 0.29) is 0 Å². The molecule has 7 rings (SSSR count). The van der Waals surface area contributed by atoms with Crippen molar-refractivity contribution in [2.75, 3.05) is 0 Å². The highest BCUT2D eigenvalue weighted by atomic mass is 14.3. The van der Waals surface area contributed by atoms with Crippen molar-refractivity contribution in [3.8, 4) is 0 Å². The zero-order valence-electron chi connectivity index (χ0n) is 13.2. The summed E-state index contributed by atoms with van der Waals surface area (Å²) in [5.74, 6) is 0. The summed E-state index contributed by atoms with van der Waals surface area (Å²) in [5.41, 5.74) is 3.06. The Morgan fingerprint density at radius 3 is 1.00 bits per heavy atom. The molecule has 0 heteroatoms. The standard InChI is InChI=1S/C24H14/c1-2-14-5-6-16-9-11-18-12-10-17-8-7-15-4-3-13(1)19-20(14)22(16)24(18)23(17)21(15)19/h1-9,11H,10,12H2. The molecule has 6 aromatic carbocycles. The van der Waals surface area contributed by atoms with Gasteiger partial charge in [0.25, 0.3) is 0 Å². The third-order valence-corrected chi connectivity index (χ3v) is 6.22. The van der Waals surface area contributed by atoms with Crippen LogP contribution < -0.4 is 0 Å². The molecule has 0 nitrogen and oxygen atoms in total. The van der Waals surface area contributed by atoms with E-state index >= 15 is 0 Å². The SMILES string of the molecule is c1cc2ccc3ccc4ccc5ccc6c7c(c1CC6)c2c3c4c57. The van der Waals surface area contributed by atoms with E-state index in [1.54, 1.807) is 0 Å². The maximum atomic E-state index is 2.36. The second-order valence-corrected chi connectivity index (χ2v) is 7.29. The fraction of sp³-hybridized carbons (Fsp3) is 0.0833. The minimum absolute atomic E-state index is 1.16. The third kappa shape index (κ3) is 1.12. The Morgan fingerprint density at radius 1 is 0.333 bits per heavy atom. The number of rotatable bonds is 0. The highest BCUT2D eigenvalue weighted by Crippen LogP contribution is 2.48. The summed E-state index contributed by atoms with van der Waals surface area (Å²) in [5, 5.41) is 14.5. The van der Waals surface area contributed by atoms with Gasteiger partial charge in [0.1, 0.15) is 0 Å². The monoisotopic (exact) mass is 302 g/mol. The van der Waals surface area contributed by atoms with Crippen LogP contribution in [0.1, 0.15) is 11.1 Å². The summed E-state index contributed by atoms with van der Waals surface area (Å²) < 4.78 is 0. The average molecular weight is 302 g/mol. The maximum absolute atomic E-state index is 2.36. The fourth-order valence-corrected chi connectivity index (χ4v) is 5.21. The Balaban J connectivity index is 2.07. The lowest BCUT2D eigenvalue weighted by Crippen LogP contribution is -2.03. The van der Waals surface area contributed by atoms with E-state index in [0.717, 1.165) is 12.8 Å². The van der Waals surface area contributed by atoms with Gasteiger partial charge in [-0.3, -0.25) is 0 Å². The van der Waals surface area contributed by atoms with Crippen molar-refractivity contribution < 1.29 is 0 Å². The molecule has 0 saturated heterocycles. The van der Waals surface area contributed by atoms with Crippen LogP contribution in [-0.4, -0.2) is 0 Å². The molecule has 0 atom stereocenters. The second kappa shape index (κ2) is 3.62. The molecule has 0 aromatic heterocycles. The first-order chi connectivity index (χ1) is 11.9. The van der Waals surface area contributed by atoms with E-state index in [4.69, 9.17) is 0 Å². The molecular weight excluding hydrogens is 288 g/mol. The van der Waals surface area contributed by atoms with Gasteiger partial charge >= 0.3 is 0 Å². The second-order valence-electron chi connectivity index (χ2n) is 7.29. The van der Waals surface area contributed by atoms with Gasteiger partial charge < -0.3 is 0 Å². The lowest BCUT2D eigenvalue weighted by atomic mass is 9.79. The Kier molecular flexibility index (Phi) is 1.76. The number of aryl methyl sites for hydroxylation is 2. The minimum Gasteiger partial charge on any atom is -0.0578 e. The molecule has 0 saturated carbocycles. The molecule has 0 spiro atoms. The van der Waals surface area contributed by atoms with E-state index < -0.39 is 0 Å². The van der Waals surface area contributed by atoms with Crippen LogP contribution in [0.25, 0.3) is 53.9 Å². The first kappa shape index (κ1) is 11.6. The number of hydrogen-bond acceptors (Lipinski definition) is 0. The predicted octanol–water partition coefficient (Wildman–Crippen LogP) is 6.43. The molecule has 0 fully saturated rings. The van der Waals surface area contributed by atoms with Crippen LogP contribution in [-0.2, 0) is 12.8 Å².